The Hall–Kier alpha value is -5.21. The zero-order chi connectivity index (χ0) is 36.5. The fourth-order valence-electron chi connectivity index (χ4n) is 4.62. The van der Waals surface area contributed by atoms with Crippen molar-refractivity contribution in [3.8, 4) is 0 Å². The van der Waals surface area contributed by atoms with Gasteiger partial charge in [-0.25, -0.2) is 28.4 Å². The van der Waals surface area contributed by atoms with Crippen LogP contribution in [-0.4, -0.2) is 77.3 Å². The Bertz CT molecular complexity index is 1440. The highest BCUT2D eigenvalue weighted by molar-refractivity contribution is 6.02. The number of rotatable bonds is 9. The van der Waals surface area contributed by atoms with Gasteiger partial charge in [0.05, 0.1) is 7.11 Å². The molecular weight excluding hydrogens is 643 g/mol. The largest absolute Gasteiger partial charge is 0.467 e. The number of guanidine groups is 1. The Morgan fingerprint density at radius 2 is 1.20 bits per heavy atom. The maximum atomic E-state index is 16.6. The molecule has 49 heavy (non-hydrogen) atoms. The van der Waals surface area contributed by atoms with Gasteiger partial charge in [-0.3, -0.25) is 15.6 Å². The summed E-state index contributed by atoms with van der Waals surface area (Å²) in [5.41, 5.74) is -5.88. The highest BCUT2D eigenvalue weighted by Gasteiger charge is 2.80. The third-order valence-electron chi connectivity index (χ3n) is 6.85. The fraction of sp³-hybridized carbons (Fsp3) is 0.471. The van der Waals surface area contributed by atoms with Crippen LogP contribution in [0.3, 0.4) is 0 Å². The number of nitrogens with zero attached hydrogens (tertiary/aromatic N) is 2. The molecule has 0 heterocycles. The molecule has 2 aromatic rings. The number of aliphatic imine (C=N–C) groups is 1. The van der Waals surface area contributed by atoms with Crippen molar-refractivity contribution >= 4 is 36.3 Å². The molecule has 0 aliphatic heterocycles. The molecule has 0 saturated heterocycles. The first-order valence-corrected chi connectivity index (χ1v) is 15.4. The van der Waals surface area contributed by atoms with E-state index < -0.39 is 78.1 Å². The molecule has 0 spiro atoms. The van der Waals surface area contributed by atoms with Gasteiger partial charge in [-0.05, 0) is 52.7 Å². The maximum Gasteiger partial charge on any atom is 0.420 e. The van der Waals surface area contributed by atoms with Crippen molar-refractivity contribution in [2.24, 2.45) is 4.99 Å². The number of amides is 4. The van der Waals surface area contributed by atoms with Crippen LogP contribution in [0.4, 0.5) is 23.6 Å². The Kier molecular flexibility index (Phi) is 12.3. The van der Waals surface area contributed by atoms with Crippen LogP contribution in [-0.2, 0) is 41.7 Å². The van der Waals surface area contributed by atoms with Crippen LogP contribution in [0.5, 0.6) is 0 Å². The molecular formula is C34H43FN4O10. The van der Waals surface area contributed by atoms with Crippen LogP contribution in [0.25, 0.3) is 0 Å². The summed E-state index contributed by atoms with van der Waals surface area (Å²) in [4.78, 5) is 69.4. The fourth-order valence-corrected chi connectivity index (χ4v) is 4.62. The summed E-state index contributed by atoms with van der Waals surface area (Å²) in [5, 5.41) is 4.59. The van der Waals surface area contributed by atoms with Crippen molar-refractivity contribution in [3.05, 3.63) is 71.8 Å². The molecule has 1 fully saturated rings. The van der Waals surface area contributed by atoms with Gasteiger partial charge in [0.1, 0.15) is 24.4 Å². The van der Waals surface area contributed by atoms with Crippen molar-refractivity contribution < 1.29 is 52.0 Å². The summed E-state index contributed by atoms with van der Waals surface area (Å²) in [6.07, 6.45) is -5.85. The van der Waals surface area contributed by atoms with Gasteiger partial charge in [0.15, 0.2) is 11.2 Å². The van der Waals surface area contributed by atoms with E-state index in [1.807, 2.05) is 0 Å². The number of esters is 1. The lowest BCUT2D eigenvalue weighted by Gasteiger charge is -2.33. The van der Waals surface area contributed by atoms with Gasteiger partial charge in [-0.2, -0.15) is 4.90 Å². The summed E-state index contributed by atoms with van der Waals surface area (Å²) >= 11 is 0. The van der Waals surface area contributed by atoms with Gasteiger partial charge in [0.25, 0.3) is 0 Å². The first-order valence-electron chi connectivity index (χ1n) is 15.4. The number of ether oxygens (including phenoxy) is 5. The number of hydrogen-bond acceptors (Lipinski definition) is 11. The number of hydrogen-bond donors (Lipinski definition) is 2. The molecule has 0 bridgehead atoms. The second-order valence-corrected chi connectivity index (χ2v) is 13.1. The van der Waals surface area contributed by atoms with E-state index in [0.717, 1.165) is 7.11 Å². The molecule has 15 heteroatoms. The molecule has 4 amide bonds. The van der Waals surface area contributed by atoms with Crippen molar-refractivity contribution in [1.29, 1.82) is 0 Å². The molecule has 1 saturated carbocycles. The SMILES string of the molecule is COC(=O)[C@@]1(N(C(=O)OC(C)(C)C)C(=O)OC(C)(C)C)C[C@@]1(F)CCN=C(NC(=O)OCc1ccccc1)NC(=O)OCc1ccccc1. The normalized spacial score (nSPS) is 18.2. The molecule has 0 aromatic heterocycles. The average molecular weight is 687 g/mol. The van der Waals surface area contributed by atoms with E-state index in [0.29, 0.717) is 16.0 Å². The molecule has 2 N–H and O–H groups in total. The lowest BCUT2D eigenvalue weighted by atomic mass is 10.1. The quantitative estimate of drug-likeness (QED) is 0.143. The number of carbonyl (C=O) groups excluding carboxylic acids is 5. The van der Waals surface area contributed by atoms with Gasteiger partial charge in [0.2, 0.25) is 5.96 Å². The molecule has 2 aromatic carbocycles. The average Bonchev–Trinajstić information content (AvgIpc) is 3.62. The van der Waals surface area contributed by atoms with Crippen molar-refractivity contribution in [3.63, 3.8) is 0 Å². The predicted molar refractivity (Wildman–Crippen MR) is 174 cm³/mol. The lowest BCUT2D eigenvalue weighted by Crippen LogP contribution is -2.57. The number of alkyl carbamates (subject to hydrolysis) is 2. The van der Waals surface area contributed by atoms with Crippen LogP contribution < -0.4 is 10.6 Å². The number of halogens is 1. The first kappa shape index (κ1) is 38.2. The highest BCUT2D eigenvalue weighted by Crippen LogP contribution is 2.59. The monoisotopic (exact) mass is 686 g/mol. The number of benzene rings is 2. The summed E-state index contributed by atoms with van der Waals surface area (Å²) in [6, 6.07) is 17.6. The standard InChI is InChI=1S/C34H43FN4O10/c1-31(2,3)48-29(43)39(30(44)49-32(4,5)6)34(25(40)45-7)22-33(34,35)18-19-36-26(37-27(41)46-20-23-14-10-8-11-15-23)38-28(42)47-21-24-16-12-9-13-17-24/h8-17H,18-22H2,1-7H3,(H2,36,37,38,41,42)/t33-,34-/m0/s1. The molecule has 1 aliphatic rings. The Labute approximate surface area is 284 Å². The maximum absolute atomic E-state index is 16.6. The van der Waals surface area contributed by atoms with E-state index in [-0.39, 0.29) is 13.2 Å². The van der Waals surface area contributed by atoms with Crippen LogP contribution in [0, 0.1) is 0 Å². The van der Waals surface area contributed by atoms with Gasteiger partial charge in [-0.15, -0.1) is 0 Å². The number of nitrogens with one attached hydrogen (secondary N) is 2. The molecule has 0 unspecified atom stereocenters. The minimum Gasteiger partial charge on any atom is -0.467 e. The van der Waals surface area contributed by atoms with Gasteiger partial charge < -0.3 is 23.7 Å². The summed E-state index contributed by atoms with van der Waals surface area (Å²) in [5.74, 6) is -1.67. The van der Waals surface area contributed by atoms with Crippen LogP contribution in [0.15, 0.2) is 65.7 Å². The summed E-state index contributed by atoms with van der Waals surface area (Å²) in [6.45, 7) is 8.54. The van der Waals surface area contributed by atoms with Crippen molar-refractivity contribution in [2.45, 2.75) is 90.0 Å². The van der Waals surface area contributed by atoms with Crippen LogP contribution in [0.1, 0.15) is 65.5 Å². The highest BCUT2D eigenvalue weighted by atomic mass is 19.1. The molecule has 3 rings (SSSR count). The number of carbonyl (C=O) groups is 5. The second kappa shape index (κ2) is 15.8. The van der Waals surface area contributed by atoms with E-state index in [4.69, 9.17) is 23.7 Å². The van der Waals surface area contributed by atoms with Crippen molar-refractivity contribution in [2.75, 3.05) is 13.7 Å². The molecule has 2 atom stereocenters. The Morgan fingerprint density at radius 1 is 0.776 bits per heavy atom. The third kappa shape index (κ3) is 10.9. The zero-order valence-corrected chi connectivity index (χ0v) is 28.7. The Balaban J connectivity index is 1.83. The van der Waals surface area contributed by atoms with E-state index >= 15 is 4.39 Å². The number of alkyl halides is 1. The van der Waals surface area contributed by atoms with Crippen LogP contribution >= 0.6 is 0 Å². The topological polar surface area (TPSA) is 171 Å². The van der Waals surface area contributed by atoms with Gasteiger partial charge >= 0.3 is 30.3 Å². The van der Waals surface area contributed by atoms with E-state index in [1.165, 1.54) is 41.5 Å². The van der Waals surface area contributed by atoms with Crippen LogP contribution in [0.2, 0.25) is 0 Å². The zero-order valence-electron chi connectivity index (χ0n) is 28.7. The van der Waals surface area contributed by atoms with Gasteiger partial charge in [0, 0.05) is 19.4 Å². The smallest absolute Gasteiger partial charge is 0.420 e. The van der Waals surface area contributed by atoms with E-state index in [9.17, 15) is 24.0 Å². The summed E-state index contributed by atoms with van der Waals surface area (Å²) in [7, 11) is 0.984. The van der Waals surface area contributed by atoms with E-state index in [2.05, 4.69) is 15.6 Å². The third-order valence-corrected chi connectivity index (χ3v) is 6.85. The predicted octanol–water partition coefficient (Wildman–Crippen LogP) is 5.78. The Morgan fingerprint density at radius 3 is 1.59 bits per heavy atom. The summed E-state index contributed by atoms with van der Waals surface area (Å²) < 4.78 is 42.6. The van der Waals surface area contributed by atoms with Gasteiger partial charge in [-0.1, -0.05) is 60.7 Å². The first-order chi connectivity index (χ1) is 22.9. The molecule has 0 radical (unpaired) electrons. The minimum atomic E-state index is -2.57. The van der Waals surface area contributed by atoms with Crippen molar-refractivity contribution in [1.82, 2.24) is 15.5 Å². The van der Waals surface area contributed by atoms with E-state index in [1.54, 1.807) is 60.7 Å². The molecule has 14 nitrogen and oxygen atoms in total. The minimum absolute atomic E-state index is 0.0984. The number of imide groups is 1. The molecule has 266 valence electrons. The second-order valence-electron chi connectivity index (χ2n) is 13.1. The number of methoxy groups -OCH3 is 1. The molecule has 1 aliphatic carbocycles. The lowest BCUT2D eigenvalue weighted by molar-refractivity contribution is -0.150.